The van der Waals surface area contributed by atoms with Crippen LogP contribution in [0.25, 0.3) is 11.0 Å². The molecule has 3 nitrogen and oxygen atoms in total. The Morgan fingerprint density at radius 1 is 1.47 bits per heavy atom. The van der Waals surface area contributed by atoms with Crippen LogP contribution in [0.5, 0.6) is 0 Å². The fraction of sp³-hybridized carbons (Fsp3) is 0.417. The van der Waals surface area contributed by atoms with Crippen molar-refractivity contribution in [3.63, 3.8) is 0 Å². The lowest BCUT2D eigenvalue weighted by molar-refractivity contribution is 0.585. The molecule has 0 fully saturated rings. The van der Waals surface area contributed by atoms with Crippen LogP contribution in [0.15, 0.2) is 22.7 Å². The second-order valence-corrected chi connectivity index (χ2v) is 7.08. The SMILES string of the molecule is CSC(C)(C)Cn1c(N)nc2ccc(Br)cc21. The van der Waals surface area contributed by atoms with E-state index in [4.69, 9.17) is 5.73 Å². The standard InChI is InChI=1S/C12H16BrN3S/c1-12(2,17-3)7-16-10-6-8(13)4-5-9(10)15-11(16)14/h4-6H,7H2,1-3H3,(H2,14,15). The van der Waals surface area contributed by atoms with Gasteiger partial charge in [0.05, 0.1) is 11.0 Å². The molecule has 1 aromatic carbocycles. The van der Waals surface area contributed by atoms with E-state index in [1.807, 2.05) is 23.9 Å². The normalized spacial score (nSPS) is 12.2. The van der Waals surface area contributed by atoms with Gasteiger partial charge in [0.2, 0.25) is 5.95 Å². The first-order valence-electron chi connectivity index (χ1n) is 5.39. The van der Waals surface area contributed by atoms with Crippen LogP contribution >= 0.6 is 27.7 Å². The average molecular weight is 314 g/mol. The molecule has 0 spiro atoms. The molecule has 1 aromatic heterocycles. The van der Waals surface area contributed by atoms with Gasteiger partial charge >= 0.3 is 0 Å². The molecule has 0 atom stereocenters. The minimum Gasteiger partial charge on any atom is -0.369 e. The minimum absolute atomic E-state index is 0.143. The molecule has 0 unspecified atom stereocenters. The summed E-state index contributed by atoms with van der Waals surface area (Å²) in [5.41, 5.74) is 8.02. The van der Waals surface area contributed by atoms with Gasteiger partial charge in [-0.2, -0.15) is 11.8 Å². The lowest BCUT2D eigenvalue weighted by Crippen LogP contribution is -2.23. The predicted octanol–water partition coefficient (Wildman–Crippen LogP) is 3.52. The third kappa shape index (κ3) is 2.60. The molecule has 0 saturated heterocycles. The van der Waals surface area contributed by atoms with Crippen LogP contribution in [-0.4, -0.2) is 20.6 Å². The zero-order valence-electron chi connectivity index (χ0n) is 10.2. The number of nitrogens with zero attached hydrogens (tertiary/aromatic N) is 2. The number of rotatable bonds is 3. The molecule has 0 bridgehead atoms. The summed E-state index contributed by atoms with van der Waals surface area (Å²) >= 11 is 5.32. The van der Waals surface area contributed by atoms with Crippen LogP contribution < -0.4 is 5.73 Å². The highest BCUT2D eigenvalue weighted by atomic mass is 79.9. The second-order valence-electron chi connectivity index (χ2n) is 4.65. The smallest absolute Gasteiger partial charge is 0.201 e. The summed E-state index contributed by atoms with van der Waals surface area (Å²) in [5, 5.41) is 0. The summed E-state index contributed by atoms with van der Waals surface area (Å²) in [7, 11) is 0. The Kier molecular flexibility index (Phi) is 3.41. The molecule has 0 aliphatic heterocycles. The van der Waals surface area contributed by atoms with Crippen molar-refractivity contribution in [1.29, 1.82) is 0 Å². The molecule has 92 valence electrons. The summed E-state index contributed by atoms with van der Waals surface area (Å²) in [5.74, 6) is 0.584. The van der Waals surface area contributed by atoms with Gasteiger partial charge in [0, 0.05) is 15.8 Å². The van der Waals surface area contributed by atoms with Crippen LogP contribution in [0.1, 0.15) is 13.8 Å². The van der Waals surface area contributed by atoms with E-state index in [1.165, 1.54) is 0 Å². The van der Waals surface area contributed by atoms with Crippen LogP contribution in [0.3, 0.4) is 0 Å². The number of aromatic nitrogens is 2. The van der Waals surface area contributed by atoms with Gasteiger partial charge in [0.15, 0.2) is 0 Å². The van der Waals surface area contributed by atoms with E-state index in [1.54, 1.807) is 0 Å². The van der Waals surface area contributed by atoms with Gasteiger partial charge in [-0.15, -0.1) is 0 Å². The zero-order valence-corrected chi connectivity index (χ0v) is 12.6. The molecule has 0 aliphatic carbocycles. The summed E-state index contributed by atoms with van der Waals surface area (Å²) in [6, 6.07) is 6.03. The number of nitrogens with two attached hydrogens (primary N) is 1. The van der Waals surface area contributed by atoms with E-state index in [2.05, 4.69) is 51.7 Å². The number of hydrogen-bond acceptors (Lipinski definition) is 3. The lowest BCUT2D eigenvalue weighted by atomic mass is 10.2. The summed E-state index contributed by atoms with van der Waals surface area (Å²) in [6.07, 6.45) is 2.12. The van der Waals surface area contributed by atoms with Crippen LogP contribution in [0.4, 0.5) is 5.95 Å². The molecule has 2 N–H and O–H groups in total. The number of thioether (sulfide) groups is 1. The van der Waals surface area contributed by atoms with Crippen molar-refractivity contribution < 1.29 is 0 Å². The number of fused-ring (bicyclic) bond motifs is 1. The number of benzene rings is 1. The Hall–Kier alpha value is -0.680. The van der Waals surface area contributed by atoms with Crippen molar-refractivity contribution >= 4 is 44.7 Å². The topological polar surface area (TPSA) is 43.8 Å². The summed E-state index contributed by atoms with van der Waals surface area (Å²) in [4.78, 5) is 4.38. The molecule has 0 aliphatic rings. The van der Waals surface area contributed by atoms with E-state index in [-0.39, 0.29) is 4.75 Å². The van der Waals surface area contributed by atoms with E-state index in [0.717, 1.165) is 22.1 Å². The first kappa shape index (κ1) is 12.8. The van der Waals surface area contributed by atoms with Crippen LogP contribution in [0.2, 0.25) is 0 Å². The van der Waals surface area contributed by atoms with E-state index in [0.29, 0.717) is 5.95 Å². The van der Waals surface area contributed by atoms with Crippen molar-refractivity contribution in [2.24, 2.45) is 0 Å². The van der Waals surface area contributed by atoms with Gasteiger partial charge in [-0.05, 0) is 38.3 Å². The minimum atomic E-state index is 0.143. The second kappa shape index (κ2) is 4.53. The fourth-order valence-electron chi connectivity index (χ4n) is 1.73. The van der Waals surface area contributed by atoms with Gasteiger partial charge in [-0.1, -0.05) is 15.9 Å². The fourth-order valence-corrected chi connectivity index (χ4v) is 2.33. The monoisotopic (exact) mass is 313 g/mol. The Morgan fingerprint density at radius 2 is 2.18 bits per heavy atom. The molecule has 2 aromatic rings. The van der Waals surface area contributed by atoms with E-state index >= 15 is 0 Å². The van der Waals surface area contributed by atoms with E-state index < -0.39 is 0 Å². The molecule has 17 heavy (non-hydrogen) atoms. The highest BCUT2D eigenvalue weighted by Crippen LogP contribution is 2.28. The number of imidazole rings is 1. The van der Waals surface area contributed by atoms with Crippen molar-refractivity contribution in [3.8, 4) is 0 Å². The highest BCUT2D eigenvalue weighted by Gasteiger charge is 2.20. The van der Waals surface area contributed by atoms with Gasteiger partial charge < -0.3 is 10.3 Å². The molecule has 0 amide bonds. The zero-order chi connectivity index (χ0) is 12.6. The lowest BCUT2D eigenvalue weighted by Gasteiger charge is -2.23. The molecule has 0 saturated carbocycles. The van der Waals surface area contributed by atoms with Gasteiger partial charge in [0.1, 0.15) is 0 Å². The molecular formula is C12H16BrN3S. The predicted molar refractivity (Wildman–Crippen MR) is 79.4 cm³/mol. The largest absolute Gasteiger partial charge is 0.369 e. The summed E-state index contributed by atoms with van der Waals surface area (Å²) < 4.78 is 3.27. The third-order valence-electron chi connectivity index (χ3n) is 2.83. The van der Waals surface area contributed by atoms with Crippen molar-refractivity contribution in [3.05, 3.63) is 22.7 Å². The van der Waals surface area contributed by atoms with Crippen LogP contribution in [0, 0.1) is 0 Å². The molecular weight excluding hydrogens is 298 g/mol. The number of halogens is 1. The quantitative estimate of drug-likeness (QED) is 0.942. The Labute approximate surface area is 114 Å². The van der Waals surface area contributed by atoms with Crippen molar-refractivity contribution in [1.82, 2.24) is 9.55 Å². The first-order valence-corrected chi connectivity index (χ1v) is 7.41. The Bertz CT molecular complexity index is 548. The maximum absolute atomic E-state index is 5.99. The first-order chi connectivity index (χ1) is 7.93. The molecule has 5 heteroatoms. The maximum atomic E-state index is 5.99. The molecule has 2 rings (SSSR count). The van der Waals surface area contributed by atoms with E-state index in [9.17, 15) is 0 Å². The molecule has 0 radical (unpaired) electrons. The Morgan fingerprint density at radius 3 is 2.82 bits per heavy atom. The maximum Gasteiger partial charge on any atom is 0.201 e. The Balaban J connectivity index is 2.52. The number of hydrogen-bond donors (Lipinski definition) is 1. The number of nitrogen functional groups attached to an aromatic ring is 1. The van der Waals surface area contributed by atoms with Crippen molar-refractivity contribution in [2.75, 3.05) is 12.0 Å². The van der Waals surface area contributed by atoms with Gasteiger partial charge in [-0.25, -0.2) is 4.98 Å². The van der Waals surface area contributed by atoms with Crippen molar-refractivity contribution in [2.45, 2.75) is 25.1 Å². The average Bonchev–Trinajstić information content (AvgIpc) is 2.56. The highest BCUT2D eigenvalue weighted by molar-refractivity contribution is 9.10. The molecule has 1 heterocycles. The van der Waals surface area contributed by atoms with Gasteiger partial charge in [0.25, 0.3) is 0 Å². The number of anilines is 1. The van der Waals surface area contributed by atoms with Crippen LogP contribution in [-0.2, 0) is 6.54 Å². The summed E-state index contributed by atoms with van der Waals surface area (Å²) in [6.45, 7) is 5.27. The van der Waals surface area contributed by atoms with Gasteiger partial charge in [-0.3, -0.25) is 0 Å². The third-order valence-corrected chi connectivity index (χ3v) is 4.56.